The molecular weight excluding hydrogens is 438 g/mol. The Morgan fingerprint density at radius 1 is 1.27 bits per heavy atom. The van der Waals surface area contributed by atoms with Gasteiger partial charge in [0.15, 0.2) is 11.5 Å². The summed E-state index contributed by atoms with van der Waals surface area (Å²) in [6, 6.07) is 8.07. The molecule has 1 aromatic carbocycles. The van der Waals surface area contributed by atoms with Gasteiger partial charge >= 0.3 is 11.7 Å². The lowest BCUT2D eigenvalue weighted by atomic mass is 10.2. The lowest BCUT2D eigenvalue weighted by molar-refractivity contribution is -0.385. The van der Waals surface area contributed by atoms with Gasteiger partial charge in [0.2, 0.25) is 5.76 Å². The van der Waals surface area contributed by atoms with E-state index in [0.717, 1.165) is 17.1 Å². The number of aromatic nitrogens is 2. The van der Waals surface area contributed by atoms with E-state index in [0.29, 0.717) is 22.8 Å². The van der Waals surface area contributed by atoms with Crippen molar-refractivity contribution in [2.75, 3.05) is 14.2 Å². The number of rotatable bonds is 10. The number of hydrazone groups is 1. The molecule has 3 rings (SSSR count). The second kappa shape index (κ2) is 10.6. The van der Waals surface area contributed by atoms with Crippen LogP contribution in [0.4, 0.5) is 5.69 Å². The monoisotopic (exact) mass is 457 g/mol. The number of nitrogens with one attached hydrogen (secondary N) is 1. The Bertz CT molecular complexity index is 1180. The van der Waals surface area contributed by atoms with Crippen LogP contribution in [-0.4, -0.2) is 47.0 Å². The Hall–Kier alpha value is -4.68. The molecule has 172 valence electrons. The minimum Gasteiger partial charge on any atom is -0.493 e. The Balaban J connectivity index is 1.55. The molecule has 0 atom stereocenters. The largest absolute Gasteiger partial charge is 0.493 e. The van der Waals surface area contributed by atoms with Gasteiger partial charge in [-0.2, -0.15) is 10.2 Å². The number of nitrogens with zero attached hydrogens (tertiary/aromatic N) is 4. The van der Waals surface area contributed by atoms with E-state index in [9.17, 15) is 19.7 Å². The fraction of sp³-hybridized carbons (Fsp3) is 0.200. The first-order valence-corrected chi connectivity index (χ1v) is 9.36. The van der Waals surface area contributed by atoms with Crippen LogP contribution in [0.2, 0.25) is 0 Å². The number of amides is 1. The van der Waals surface area contributed by atoms with Crippen LogP contribution in [0.1, 0.15) is 21.9 Å². The molecule has 0 aliphatic rings. The van der Waals surface area contributed by atoms with Gasteiger partial charge < -0.3 is 18.6 Å². The normalized spacial score (nSPS) is 10.7. The molecule has 0 spiro atoms. The van der Waals surface area contributed by atoms with Gasteiger partial charge in [-0.1, -0.05) is 0 Å². The molecule has 13 nitrogen and oxygen atoms in total. The van der Waals surface area contributed by atoms with Gasteiger partial charge in [0.1, 0.15) is 31.3 Å². The summed E-state index contributed by atoms with van der Waals surface area (Å²) in [5, 5.41) is 18.2. The molecule has 0 aliphatic heterocycles. The van der Waals surface area contributed by atoms with Crippen molar-refractivity contribution in [3.05, 3.63) is 69.9 Å². The minimum absolute atomic E-state index is 0.0580. The van der Waals surface area contributed by atoms with Gasteiger partial charge in [0.05, 0.1) is 25.4 Å². The third-order valence-electron chi connectivity index (χ3n) is 4.14. The summed E-state index contributed by atoms with van der Waals surface area (Å²) in [6.07, 6.45) is 3.59. The molecule has 0 aliphatic carbocycles. The number of hydrogen-bond acceptors (Lipinski definition) is 10. The molecule has 0 fully saturated rings. The number of furan rings is 1. The summed E-state index contributed by atoms with van der Waals surface area (Å²) in [7, 11) is 2.73. The van der Waals surface area contributed by atoms with Gasteiger partial charge in [0.25, 0.3) is 5.91 Å². The SMILES string of the molecule is COC(=O)c1ccc(COc2ccc(C=NNC(=O)Cn3cc([N+](=O)[O-])cn3)cc2OC)o1. The smallest absolute Gasteiger partial charge is 0.373 e. The highest BCUT2D eigenvalue weighted by molar-refractivity contribution is 5.86. The molecule has 13 heteroatoms. The average molecular weight is 457 g/mol. The summed E-state index contributed by atoms with van der Waals surface area (Å²) < 4.78 is 22.1. The van der Waals surface area contributed by atoms with E-state index in [2.05, 4.69) is 20.4 Å². The van der Waals surface area contributed by atoms with Crippen LogP contribution in [-0.2, 0) is 22.7 Å². The Morgan fingerprint density at radius 3 is 2.79 bits per heavy atom. The van der Waals surface area contributed by atoms with Crippen LogP contribution in [0.5, 0.6) is 11.5 Å². The topological polar surface area (TPSA) is 160 Å². The van der Waals surface area contributed by atoms with E-state index in [1.54, 1.807) is 24.3 Å². The molecule has 33 heavy (non-hydrogen) atoms. The number of ether oxygens (including phenoxy) is 3. The number of nitro groups is 1. The van der Waals surface area contributed by atoms with Crippen molar-refractivity contribution in [1.82, 2.24) is 15.2 Å². The van der Waals surface area contributed by atoms with Crippen molar-refractivity contribution in [1.29, 1.82) is 0 Å². The molecule has 0 unspecified atom stereocenters. The molecule has 0 radical (unpaired) electrons. The second-order valence-electron chi connectivity index (χ2n) is 6.40. The molecule has 0 saturated carbocycles. The van der Waals surface area contributed by atoms with Crippen molar-refractivity contribution in [3.8, 4) is 11.5 Å². The third-order valence-corrected chi connectivity index (χ3v) is 4.14. The first-order valence-electron chi connectivity index (χ1n) is 9.36. The molecule has 0 bridgehead atoms. The quantitative estimate of drug-likeness (QED) is 0.207. The van der Waals surface area contributed by atoms with Gasteiger partial charge in [0, 0.05) is 0 Å². The molecule has 2 aromatic heterocycles. The van der Waals surface area contributed by atoms with Crippen molar-refractivity contribution in [2.24, 2.45) is 5.10 Å². The minimum atomic E-state index is -0.603. The highest BCUT2D eigenvalue weighted by Crippen LogP contribution is 2.28. The van der Waals surface area contributed by atoms with Gasteiger partial charge in [-0.25, -0.2) is 10.2 Å². The summed E-state index contributed by atoms with van der Waals surface area (Å²) in [6.45, 7) is -0.172. The summed E-state index contributed by atoms with van der Waals surface area (Å²) in [5.74, 6) is 0.237. The van der Waals surface area contributed by atoms with E-state index >= 15 is 0 Å². The van der Waals surface area contributed by atoms with Crippen LogP contribution in [0.3, 0.4) is 0 Å². The highest BCUT2D eigenvalue weighted by Gasteiger charge is 2.13. The first-order chi connectivity index (χ1) is 15.9. The predicted molar refractivity (Wildman–Crippen MR) is 112 cm³/mol. The number of carbonyl (C=O) groups is 2. The third kappa shape index (κ3) is 6.16. The maximum atomic E-state index is 11.9. The van der Waals surface area contributed by atoms with E-state index in [1.807, 2.05) is 0 Å². The van der Waals surface area contributed by atoms with Gasteiger partial charge in [-0.3, -0.25) is 19.6 Å². The van der Waals surface area contributed by atoms with Crippen LogP contribution in [0.15, 0.2) is 52.2 Å². The summed E-state index contributed by atoms with van der Waals surface area (Å²) in [5.41, 5.74) is 2.71. The van der Waals surface area contributed by atoms with Crippen LogP contribution < -0.4 is 14.9 Å². The first kappa shape index (κ1) is 23.0. The lowest BCUT2D eigenvalue weighted by Crippen LogP contribution is -2.23. The van der Waals surface area contributed by atoms with E-state index in [1.165, 1.54) is 26.5 Å². The van der Waals surface area contributed by atoms with E-state index in [4.69, 9.17) is 13.9 Å². The highest BCUT2D eigenvalue weighted by atomic mass is 16.6. The maximum Gasteiger partial charge on any atom is 0.373 e. The number of esters is 1. The number of benzene rings is 1. The van der Waals surface area contributed by atoms with Crippen molar-refractivity contribution in [3.63, 3.8) is 0 Å². The molecule has 1 amide bonds. The average Bonchev–Trinajstić information content (AvgIpc) is 3.47. The molecule has 3 aromatic rings. The molecular formula is C20H19N5O8. The van der Waals surface area contributed by atoms with Crippen LogP contribution in [0.25, 0.3) is 0 Å². The number of methoxy groups -OCH3 is 2. The fourth-order valence-corrected chi connectivity index (χ4v) is 2.59. The van der Waals surface area contributed by atoms with Gasteiger partial charge in [-0.15, -0.1) is 0 Å². The van der Waals surface area contributed by atoms with Gasteiger partial charge in [-0.05, 0) is 35.9 Å². The molecule has 0 saturated heterocycles. The molecule has 2 heterocycles. The lowest BCUT2D eigenvalue weighted by Gasteiger charge is -2.10. The zero-order valence-corrected chi connectivity index (χ0v) is 17.6. The van der Waals surface area contributed by atoms with Crippen molar-refractivity contribution < 1.29 is 33.1 Å². The fourth-order valence-electron chi connectivity index (χ4n) is 2.59. The van der Waals surface area contributed by atoms with Crippen LogP contribution in [0, 0.1) is 10.1 Å². The summed E-state index contributed by atoms with van der Waals surface area (Å²) in [4.78, 5) is 33.4. The molecule has 1 N–H and O–H groups in total. The van der Waals surface area contributed by atoms with Crippen molar-refractivity contribution >= 4 is 23.8 Å². The maximum absolute atomic E-state index is 11.9. The van der Waals surface area contributed by atoms with Crippen LogP contribution >= 0.6 is 0 Å². The van der Waals surface area contributed by atoms with Crippen molar-refractivity contribution in [2.45, 2.75) is 13.2 Å². The predicted octanol–water partition coefficient (Wildman–Crippen LogP) is 1.91. The zero-order chi connectivity index (χ0) is 23.8. The summed E-state index contributed by atoms with van der Waals surface area (Å²) >= 11 is 0. The Kier molecular flexibility index (Phi) is 7.36. The standard InChI is InChI=1S/C20H19N5O8/c1-30-18-7-13(8-21-23-19(26)11-24-10-14(9-22-24)25(28)29)3-5-16(18)32-12-15-4-6-17(33-15)20(27)31-2/h3-10H,11-12H2,1-2H3,(H,23,26). The van der Waals surface area contributed by atoms with E-state index < -0.39 is 16.8 Å². The Labute approximate surface area is 186 Å². The second-order valence-corrected chi connectivity index (χ2v) is 6.40. The van der Waals surface area contributed by atoms with E-state index in [-0.39, 0.29) is 24.6 Å². The zero-order valence-electron chi connectivity index (χ0n) is 17.6. The Morgan fingerprint density at radius 2 is 2.09 bits per heavy atom. The number of carbonyl (C=O) groups excluding carboxylic acids is 2. The number of hydrogen-bond donors (Lipinski definition) is 1.